The Hall–Kier alpha value is -2.45. The van der Waals surface area contributed by atoms with E-state index in [9.17, 15) is 17.6 Å². The number of nitrogens with zero attached hydrogens (tertiary/aromatic N) is 3. The minimum absolute atomic E-state index is 0.00485. The number of likely N-dealkylation sites (N-methyl/N-ethyl adjacent to an activating group) is 1. The van der Waals surface area contributed by atoms with Gasteiger partial charge >= 0.3 is 0 Å². The lowest BCUT2D eigenvalue weighted by Gasteiger charge is -2.16. The molecular formula is C17H21FN4O6S2. The summed E-state index contributed by atoms with van der Waals surface area (Å²) in [6.45, 7) is 0.783. The van der Waals surface area contributed by atoms with Crippen molar-refractivity contribution in [1.29, 1.82) is 0 Å². The van der Waals surface area contributed by atoms with E-state index in [2.05, 4.69) is 15.5 Å². The fourth-order valence-electron chi connectivity index (χ4n) is 2.10. The molecule has 0 aliphatic rings. The Morgan fingerprint density at radius 1 is 1.37 bits per heavy atom. The van der Waals surface area contributed by atoms with E-state index in [4.69, 9.17) is 15.1 Å². The van der Waals surface area contributed by atoms with E-state index in [1.807, 2.05) is 0 Å². The number of nitrogens with one attached hydrogen (secondary N) is 1. The molecule has 0 bridgehead atoms. The maximum Gasteiger partial charge on any atom is 0.280 e. The summed E-state index contributed by atoms with van der Waals surface area (Å²) in [6.07, 6.45) is 0.251. The van der Waals surface area contributed by atoms with Crippen LogP contribution in [-0.2, 0) is 19.7 Å². The number of oxime groups is 1. The number of aliphatic hydroxyl groups excluding tert-OH is 2. The van der Waals surface area contributed by atoms with Gasteiger partial charge in [-0.15, -0.1) is 0 Å². The zero-order valence-corrected chi connectivity index (χ0v) is 17.8. The number of aromatic nitrogens is 1. The van der Waals surface area contributed by atoms with E-state index < -0.39 is 27.2 Å². The van der Waals surface area contributed by atoms with Crippen LogP contribution in [-0.4, -0.2) is 72.4 Å². The van der Waals surface area contributed by atoms with Gasteiger partial charge in [-0.3, -0.25) is 10.1 Å². The van der Waals surface area contributed by atoms with Gasteiger partial charge in [-0.25, -0.2) is 13.4 Å². The highest BCUT2D eigenvalue weighted by Crippen LogP contribution is 2.18. The third-order valence-electron chi connectivity index (χ3n) is 3.74. The molecule has 0 spiro atoms. The third kappa shape index (κ3) is 6.03. The number of halogens is 1. The van der Waals surface area contributed by atoms with Crippen molar-refractivity contribution in [2.24, 2.45) is 5.16 Å². The van der Waals surface area contributed by atoms with Gasteiger partial charge in [-0.05, 0) is 19.1 Å². The number of carbonyl (C=O) groups excluding carboxylic acids is 1. The third-order valence-corrected chi connectivity index (χ3v) is 6.32. The van der Waals surface area contributed by atoms with Gasteiger partial charge < -0.3 is 15.1 Å². The number of thiazole rings is 1. The lowest BCUT2D eigenvalue weighted by molar-refractivity contribution is -0.110. The highest BCUT2D eigenvalue weighted by molar-refractivity contribution is 7.89. The molecule has 0 unspecified atom stereocenters. The predicted molar refractivity (Wildman–Crippen MR) is 108 cm³/mol. The Balaban J connectivity index is 2.32. The first-order valence-corrected chi connectivity index (χ1v) is 10.9. The molecule has 2 aromatic rings. The fourth-order valence-corrected chi connectivity index (χ4v) is 3.80. The van der Waals surface area contributed by atoms with Crippen LogP contribution in [0.25, 0.3) is 0 Å². The zero-order chi connectivity index (χ0) is 22.3. The van der Waals surface area contributed by atoms with Gasteiger partial charge in [-0.2, -0.15) is 8.70 Å². The van der Waals surface area contributed by atoms with Gasteiger partial charge in [0.2, 0.25) is 10.0 Å². The lowest BCUT2D eigenvalue weighted by atomic mass is 10.1. The molecule has 0 saturated carbocycles. The number of carbonyl (C=O) groups is 1. The molecule has 3 N–H and O–H groups in total. The van der Waals surface area contributed by atoms with Crippen molar-refractivity contribution in [3.05, 3.63) is 41.2 Å². The van der Waals surface area contributed by atoms with Crippen molar-refractivity contribution in [3.63, 3.8) is 0 Å². The molecule has 0 saturated heterocycles. The molecule has 0 aliphatic carbocycles. The van der Waals surface area contributed by atoms with E-state index in [1.165, 1.54) is 38.2 Å². The molecule has 2 rings (SSSR count). The topological polar surface area (TPSA) is 141 Å². The second-order valence-corrected chi connectivity index (χ2v) is 9.06. The van der Waals surface area contributed by atoms with Crippen LogP contribution >= 0.6 is 11.3 Å². The van der Waals surface area contributed by atoms with Crippen molar-refractivity contribution in [3.8, 4) is 0 Å². The first-order valence-electron chi connectivity index (χ1n) is 8.64. The molecule has 1 heterocycles. The maximum absolute atomic E-state index is 13.1. The largest absolute Gasteiger partial charge is 0.395 e. The normalized spacial score (nSPS) is 13.3. The van der Waals surface area contributed by atoms with Crippen LogP contribution in [0.4, 0.5) is 9.52 Å². The number of amides is 1. The number of aliphatic hydroxyl groups is 2. The Morgan fingerprint density at radius 3 is 2.57 bits per heavy atom. The first-order chi connectivity index (χ1) is 14.2. The number of anilines is 1. The van der Waals surface area contributed by atoms with Gasteiger partial charge in [0.15, 0.2) is 16.0 Å². The van der Waals surface area contributed by atoms with E-state index >= 15 is 0 Å². The summed E-state index contributed by atoms with van der Waals surface area (Å²) in [7, 11) is -2.49. The van der Waals surface area contributed by atoms with Gasteiger partial charge in [0.1, 0.15) is 6.10 Å². The smallest absolute Gasteiger partial charge is 0.280 e. The molecule has 164 valence electrons. The van der Waals surface area contributed by atoms with Crippen LogP contribution in [0.15, 0.2) is 40.5 Å². The predicted octanol–water partition coefficient (Wildman–Crippen LogP) is 0.635. The highest BCUT2D eigenvalue weighted by Gasteiger charge is 2.22. The molecule has 1 amide bonds. The molecule has 30 heavy (non-hydrogen) atoms. The number of hydrogen-bond donors (Lipinski definition) is 3. The summed E-state index contributed by atoms with van der Waals surface area (Å²) in [4.78, 5) is 21.3. The average molecular weight is 461 g/mol. The highest BCUT2D eigenvalue weighted by atomic mass is 32.2. The standard InChI is InChI=1S/C17H21FN4O6S2/c1-11(10-24)28-21-15(16(25)20-17-19-9-14(18)29-17)12-3-5-13(6-4-12)30(26,27)22(2)7-8-23/h3-6,9,11,23-24H,7-8,10H2,1-2H3,(H,19,20,25)/b21-15+/t11-/m1/s1. The zero-order valence-electron chi connectivity index (χ0n) is 16.1. The van der Waals surface area contributed by atoms with Crippen molar-refractivity contribution >= 4 is 38.1 Å². The second kappa shape index (κ2) is 10.5. The Morgan fingerprint density at radius 2 is 2.03 bits per heavy atom. The van der Waals surface area contributed by atoms with Crippen molar-refractivity contribution in [1.82, 2.24) is 9.29 Å². The van der Waals surface area contributed by atoms with Gasteiger partial charge in [-0.1, -0.05) is 28.6 Å². The molecule has 1 atom stereocenters. The summed E-state index contributed by atoms with van der Waals surface area (Å²) in [6, 6.07) is 5.26. The molecular weight excluding hydrogens is 439 g/mol. The molecule has 0 fully saturated rings. The van der Waals surface area contributed by atoms with E-state index in [0.29, 0.717) is 11.3 Å². The minimum atomic E-state index is -3.82. The van der Waals surface area contributed by atoms with Crippen LogP contribution in [0, 0.1) is 5.13 Å². The molecule has 0 radical (unpaired) electrons. The average Bonchev–Trinajstić information content (AvgIpc) is 3.12. The summed E-state index contributed by atoms with van der Waals surface area (Å²) >= 11 is 0.620. The second-order valence-electron chi connectivity index (χ2n) is 6.04. The number of hydrogen-bond acceptors (Lipinski definition) is 9. The van der Waals surface area contributed by atoms with E-state index in [-0.39, 0.29) is 41.1 Å². The van der Waals surface area contributed by atoms with Crippen molar-refractivity contribution < 1.29 is 32.7 Å². The van der Waals surface area contributed by atoms with Crippen molar-refractivity contribution in [2.45, 2.75) is 17.9 Å². The molecule has 0 aliphatic heterocycles. The minimum Gasteiger partial charge on any atom is -0.395 e. The van der Waals surface area contributed by atoms with E-state index in [1.54, 1.807) is 0 Å². The summed E-state index contributed by atoms with van der Waals surface area (Å²) in [5.41, 5.74) is -0.00278. The monoisotopic (exact) mass is 460 g/mol. The van der Waals surface area contributed by atoms with Crippen LogP contribution in [0.2, 0.25) is 0 Å². The molecule has 10 nitrogen and oxygen atoms in total. The Labute approximate surface area is 176 Å². The Bertz CT molecular complexity index is 994. The first kappa shape index (κ1) is 23.8. The van der Waals surface area contributed by atoms with Crippen LogP contribution in [0.5, 0.6) is 0 Å². The van der Waals surface area contributed by atoms with E-state index in [0.717, 1.165) is 10.5 Å². The lowest BCUT2D eigenvalue weighted by Crippen LogP contribution is -2.29. The summed E-state index contributed by atoms with van der Waals surface area (Å²) in [5, 5.41) is 23.6. The van der Waals surface area contributed by atoms with Gasteiger partial charge in [0.25, 0.3) is 5.91 Å². The fraction of sp³-hybridized carbons (Fsp3) is 0.353. The number of rotatable bonds is 10. The summed E-state index contributed by atoms with van der Waals surface area (Å²) in [5.74, 6) is -0.762. The van der Waals surface area contributed by atoms with Gasteiger partial charge in [0, 0.05) is 19.2 Å². The van der Waals surface area contributed by atoms with Crippen molar-refractivity contribution in [2.75, 3.05) is 32.1 Å². The quantitative estimate of drug-likeness (QED) is 0.349. The SMILES string of the molecule is C[C@H](CO)O/N=C(/C(=O)Nc1ncc(F)s1)c1ccc(S(=O)(=O)N(C)CCO)cc1. The molecule has 1 aromatic carbocycles. The Kier molecular flexibility index (Phi) is 8.37. The van der Waals surface area contributed by atoms with Crippen LogP contribution in [0.3, 0.4) is 0 Å². The number of benzene rings is 1. The van der Waals surface area contributed by atoms with Crippen LogP contribution < -0.4 is 5.32 Å². The van der Waals surface area contributed by atoms with Gasteiger partial charge in [0.05, 0.1) is 24.3 Å². The number of sulfonamides is 1. The maximum atomic E-state index is 13.1. The summed E-state index contributed by atoms with van der Waals surface area (Å²) < 4.78 is 39.0. The molecule has 1 aromatic heterocycles. The molecule has 13 heteroatoms. The van der Waals surface area contributed by atoms with Crippen LogP contribution in [0.1, 0.15) is 12.5 Å².